The van der Waals surface area contributed by atoms with Crippen LogP contribution in [0.25, 0.3) is 0 Å². The van der Waals surface area contributed by atoms with Crippen LogP contribution in [-0.2, 0) is 4.79 Å². The molecule has 25 heavy (non-hydrogen) atoms. The Labute approximate surface area is 151 Å². The molecule has 0 amide bonds. The molecule has 4 N–H and O–H groups in total. The second-order valence-electron chi connectivity index (χ2n) is 6.30. The first kappa shape index (κ1) is 23.6. The van der Waals surface area contributed by atoms with Gasteiger partial charge in [-0.1, -0.05) is 56.6 Å². The summed E-state index contributed by atoms with van der Waals surface area (Å²) in [6.07, 6.45) is 14.7. The molecule has 5 heteroatoms. The molecule has 0 aromatic rings. The van der Waals surface area contributed by atoms with Crippen molar-refractivity contribution in [2.45, 2.75) is 83.0 Å². The number of hydrogen-bond donors (Lipinski definition) is 4. The number of carboxylic acids is 1. The van der Waals surface area contributed by atoms with Gasteiger partial charge in [0.25, 0.3) is 0 Å². The van der Waals surface area contributed by atoms with Crippen molar-refractivity contribution in [2.24, 2.45) is 0 Å². The lowest BCUT2D eigenvalue weighted by molar-refractivity contribution is -0.131. The summed E-state index contributed by atoms with van der Waals surface area (Å²) < 4.78 is 0. The van der Waals surface area contributed by atoms with Crippen molar-refractivity contribution in [3.63, 3.8) is 0 Å². The summed E-state index contributed by atoms with van der Waals surface area (Å²) in [6, 6.07) is 0. The molecule has 0 radical (unpaired) electrons. The highest BCUT2D eigenvalue weighted by atomic mass is 16.4. The fraction of sp³-hybridized carbons (Fsp3) is 0.650. The van der Waals surface area contributed by atoms with Gasteiger partial charge in [0, 0.05) is 6.08 Å². The third-order valence-corrected chi connectivity index (χ3v) is 3.96. The van der Waals surface area contributed by atoms with Crippen molar-refractivity contribution >= 4 is 5.97 Å². The van der Waals surface area contributed by atoms with E-state index in [9.17, 15) is 20.1 Å². The van der Waals surface area contributed by atoms with E-state index in [-0.39, 0.29) is 0 Å². The Morgan fingerprint density at radius 1 is 0.840 bits per heavy atom. The SMILES string of the molecule is CCCCCC(O)CCC(O)C(O)CCC/C=C/C=C/C=C/C(=O)O. The minimum Gasteiger partial charge on any atom is -0.478 e. The third-order valence-electron chi connectivity index (χ3n) is 3.96. The number of carbonyl (C=O) groups is 1. The Kier molecular flexibility index (Phi) is 15.1. The maximum Gasteiger partial charge on any atom is 0.328 e. The first-order chi connectivity index (χ1) is 12.0. The molecule has 0 fully saturated rings. The number of aliphatic hydroxyl groups is 3. The van der Waals surface area contributed by atoms with Gasteiger partial charge in [-0.2, -0.15) is 0 Å². The Balaban J connectivity index is 3.76. The molecular formula is C20H34O5. The van der Waals surface area contributed by atoms with E-state index in [4.69, 9.17) is 5.11 Å². The van der Waals surface area contributed by atoms with Crippen LogP contribution in [0.4, 0.5) is 0 Å². The Bertz CT molecular complexity index is 414. The molecule has 0 spiro atoms. The summed E-state index contributed by atoms with van der Waals surface area (Å²) in [6.45, 7) is 2.12. The van der Waals surface area contributed by atoms with Crippen molar-refractivity contribution in [3.8, 4) is 0 Å². The van der Waals surface area contributed by atoms with E-state index in [1.807, 2.05) is 12.2 Å². The van der Waals surface area contributed by atoms with Crippen molar-refractivity contribution < 1.29 is 25.2 Å². The van der Waals surface area contributed by atoms with E-state index in [1.165, 1.54) is 6.08 Å². The molecule has 0 saturated heterocycles. The van der Waals surface area contributed by atoms with Crippen LogP contribution in [0, 0.1) is 0 Å². The molecule has 3 atom stereocenters. The minimum atomic E-state index is -0.977. The number of unbranched alkanes of at least 4 members (excludes halogenated alkanes) is 3. The van der Waals surface area contributed by atoms with E-state index in [1.54, 1.807) is 12.2 Å². The first-order valence-electron chi connectivity index (χ1n) is 9.24. The topological polar surface area (TPSA) is 98.0 Å². The molecule has 0 aliphatic heterocycles. The summed E-state index contributed by atoms with van der Waals surface area (Å²) in [5, 5.41) is 38.1. The van der Waals surface area contributed by atoms with Gasteiger partial charge in [0.1, 0.15) is 0 Å². The molecule has 5 nitrogen and oxygen atoms in total. The molecule has 3 unspecified atom stereocenters. The van der Waals surface area contributed by atoms with Crippen LogP contribution >= 0.6 is 0 Å². The van der Waals surface area contributed by atoms with Crippen LogP contribution in [0.2, 0.25) is 0 Å². The lowest BCUT2D eigenvalue weighted by Crippen LogP contribution is -2.27. The van der Waals surface area contributed by atoms with Crippen molar-refractivity contribution in [1.82, 2.24) is 0 Å². The summed E-state index contributed by atoms with van der Waals surface area (Å²) in [5.74, 6) is -0.977. The number of rotatable bonds is 15. The maximum absolute atomic E-state index is 10.2. The number of aliphatic hydroxyl groups excluding tert-OH is 3. The van der Waals surface area contributed by atoms with Gasteiger partial charge < -0.3 is 20.4 Å². The molecule has 0 saturated carbocycles. The van der Waals surface area contributed by atoms with E-state index in [0.29, 0.717) is 19.3 Å². The van der Waals surface area contributed by atoms with Crippen molar-refractivity contribution in [3.05, 3.63) is 36.5 Å². The van der Waals surface area contributed by atoms with Crippen LogP contribution in [-0.4, -0.2) is 44.7 Å². The largest absolute Gasteiger partial charge is 0.478 e. The van der Waals surface area contributed by atoms with Crippen LogP contribution in [0.3, 0.4) is 0 Å². The Morgan fingerprint density at radius 3 is 2.20 bits per heavy atom. The minimum absolute atomic E-state index is 0.390. The van der Waals surface area contributed by atoms with Gasteiger partial charge in [-0.15, -0.1) is 0 Å². The van der Waals surface area contributed by atoms with Crippen LogP contribution in [0.15, 0.2) is 36.5 Å². The van der Waals surface area contributed by atoms with Gasteiger partial charge in [0.15, 0.2) is 0 Å². The highest BCUT2D eigenvalue weighted by Crippen LogP contribution is 2.14. The standard InChI is InChI=1S/C20H34O5/c1-2-3-9-12-17(21)15-16-19(23)18(22)13-10-7-5-4-6-8-11-14-20(24)25/h4-6,8,11,14,17-19,21-23H,2-3,7,9-10,12-13,15-16H2,1H3,(H,24,25)/b5-4+,8-6+,14-11+. The number of aliphatic carboxylic acids is 1. The zero-order valence-corrected chi connectivity index (χ0v) is 15.3. The van der Waals surface area contributed by atoms with Gasteiger partial charge in [0.05, 0.1) is 18.3 Å². The summed E-state index contributed by atoms with van der Waals surface area (Å²) >= 11 is 0. The third kappa shape index (κ3) is 15.8. The summed E-state index contributed by atoms with van der Waals surface area (Å²) in [5.41, 5.74) is 0. The second kappa shape index (κ2) is 16.1. The quantitative estimate of drug-likeness (QED) is 0.205. The average Bonchev–Trinajstić information content (AvgIpc) is 2.57. The van der Waals surface area contributed by atoms with Crippen LogP contribution < -0.4 is 0 Å². The first-order valence-corrected chi connectivity index (χ1v) is 9.24. The summed E-state index contributed by atoms with van der Waals surface area (Å²) in [7, 11) is 0. The van der Waals surface area contributed by atoms with E-state index in [0.717, 1.165) is 44.6 Å². The molecule has 0 aromatic carbocycles. The molecule has 0 heterocycles. The van der Waals surface area contributed by atoms with Gasteiger partial charge in [-0.3, -0.25) is 0 Å². The maximum atomic E-state index is 10.2. The summed E-state index contributed by atoms with van der Waals surface area (Å²) in [4.78, 5) is 10.2. The Morgan fingerprint density at radius 2 is 1.52 bits per heavy atom. The van der Waals surface area contributed by atoms with Crippen molar-refractivity contribution in [2.75, 3.05) is 0 Å². The molecule has 0 aliphatic rings. The highest BCUT2D eigenvalue weighted by Gasteiger charge is 2.17. The van der Waals surface area contributed by atoms with Crippen LogP contribution in [0.1, 0.15) is 64.7 Å². The number of carboxylic acid groups (broad SMARTS) is 1. The smallest absolute Gasteiger partial charge is 0.328 e. The lowest BCUT2D eigenvalue weighted by atomic mass is 9.99. The number of hydrogen-bond acceptors (Lipinski definition) is 4. The zero-order valence-electron chi connectivity index (χ0n) is 15.3. The number of allylic oxidation sites excluding steroid dienone is 5. The van der Waals surface area contributed by atoms with Gasteiger partial charge in [-0.05, 0) is 38.5 Å². The molecule has 144 valence electrons. The van der Waals surface area contributed by atoms with Gasteiger partial charge in [0.2, 0.25) is 0 Å². The second-order valence-corrected chi connectivity index (χ2v) is 6.30. The van der Waals surface area contributed by atoms with Crippen molar-refractivity contribution in [1.29, 1.82) is 0 Å². The Hall–Kier alpha value is -1.43. The van der Waals surface area contributed by atoms with E-state index < -0.39 is 24.3 Å². The van der Waals surface area contributed by atoms with E-state index in [2.05, 4.69) is 6.92 Å². The molecule has 0 bridgehead atoms. The molecular weight excluding hydrogens is 320 g/mol. The van der Waals surface area contributed by atoms with Gasteiger partial charge >= 0.3 is 5.97 Å². The fourth-order valence-electron chi connectivity index (χ4n) is 2.41. The highest BCUT2D eigenvalue weighted by molar-refractivity contribution is 5.80. The van der Waals surface area contributed by atoms with E-state index >= 15 is 0 Å². The molecule has 0 rings (SSSR count). The normalized spacial score (nSPS) is 16.0. The lowest BCUT2D eigenvalue weighted by Gasteiger charge is -2.19. The zero-order chi connectivity index (χ0) is 18.9. The monoisotopic (exact) mass is 354 g/mol. The fourth-order valence-corrected chi connectivity index (χ4v) is 2.41. The predicted octanol–water partition coefficient (Wildman–Crippen LogP) is 3.35. The predicted molar refractivity (Wildman–Crippen MR) is 100 cm³/mol. The van der Waals surface area contributed by atoms with Gasteiger partial charge in [-0.25, -0.2) is 4.79 Å². The average molecular weight is 354 g/mol. The molecule has 0 aliphatic carbocycles. The molecule has 0 aromatic heterocycles. The van der Waals surface area contributed by atoms with Crippen LogP contribution in [0.5, 0.6) is 0 Å².